The van der Waals surface area contributed by atoms with Crippen molar-refractivity contribution in [3.63, 3.8) is 0 Å². The maximum Gasteiger partial charge on any atom is 0.0539 e. The van der Waals surface area contributed by atoms with E-state index in [2.05, 4.69) is 65.5 Å². The summed E-state index contributed by atoms with van der Waals surface area (Å²) >= 11 is 0. The number of para-hydroxylation sites is 1. The van der Waals surface area contributed by atoms with E-state index < -0.39 is 0 Å². The summed E-state index contributed by atoms with van der Waals surface area (Å²) < 4.78 is 4.29. The van der Waals surface area contributed by atoms with Crippen LogP contribution in [0.1, 0.15) is 25.0 Å². The molecular weight excluding hydrogens is 260 g/mol. The zero-order valence-electron chi connectivity index (χ0n) is 12.7. The Morgan fingerprint density at radius 2 is 2.00 bits per heavy atom. The molecule has 0 saturated carbocycles. The highest BCUT2D eigenvalue weighted by atomic mass is 15.3. The predicted octanol–water partition coefficient (Wildman–Crippen LogP) is 3.02. The number of benzene rings is 1. The van der Waals surface area contributed by atoms with E-state index in [-0.39, 0.29) is 0 Å². The lowest BCUT2D eigenvalue weighted by molar-refractivity contribution is 0.658. The third-order valence-electron chi connectivity index (χ3n) is 3.80. The van der Waals surface area contributed by atoms with Crippen molar-refractivity contribution in [2.24, 2.45) is 0 Å². The van der Waals surface area contributed by atoms with Gasteiger partial charge in [0.25, 0.3) is 0 Å². The van der Waals surface area contributed by atoms with Crippen LogP contribution in [0.3, 0.4) is 0 Å². The van der Waals surface area contributed by atoms with Gasteiger partial charge in [0, 0.05) is 41.9 Å². The molecule has 2 aromatic heterocycles. The van der Waals surface area contributed by atoms with E-state index in [4.69, 9.17) is 0 Å². The van der Waals surface area contributed by atoms with E-state index in [1.807, 2.05) is 10.9 Å². The van der Waals surface area contributed by atoms with Gasteiger partial charge in [-0.25, -0.2) is 0 Å². The van der Waals surface area contributed by atoms with Crippen LogP contribution in [0.4, 0.5) is 0 Å². The monoisotopic (exact) mass is 282 g/mol. The molecule has 0 atom stereocenters. The fourth-order valence-corrected chi connectivity index (χ4v) is 2.71. The molecule has 0 radical (unpaired) electrons. The van der Waals surface area contributed by atoms with Crippen molar-refractivity contribution in [1.82, 2.24) is 19.7 Å². The van der Waals surface area contributed by atoms with Crippen LogP contribution in [0.2, 0.25) is 0 Å². The summed E-state index contributed by atoms with van der Waals surface area (Å²) in [6.07, 6.45) is 6.34. The third-order valence-corrected chi connectivity index (χ3v) is 3.80. The molecule has 0 bridgehead atoms. The number of hydrogen-bond acceptors (Lipinski definition) is 2. The molecule has 1 aromatic carbocycles. The number of fused-ring (bicyclic) bond motifs is 1. The highest BCUT2D eigenvalue weighted by molar-refractivity contribution is 5.84. The number of nitrogens with one attached hydrogen (secondary N) is 1. The second-order valence-electron chi connectivity index (χ2n) is 5.28. The zero-order chi connectivity index (χ0) is 14.7. The van der Waals surface area contributed by atoms with Gasteiger partial charge in [0.2, 0.25) is 0 Å². The summed E-state index contributed by atoms with van der Waals surface area (Å²) in [4.78, 5) is 0. The van der Waals surface area contributed by atoms with Crippen LogP contribution in [-0.2, 0) is 19.6 Å². The SMILES string of the molecule is CCNCc1cn(Cc2cnn(CC)c2)c2ccccc12. The summed E-state index contributed by atoms with van der Waals surface area (Å²) in [6, 6.07) is 8.60. The quantitative estimate of drug-likeness (QED) is 0.754. The Kier molecular flexibility index (Phi) is 4.06. The topological polar surface area (TPSA) is 34.8 Å². The lowest BCUT2D eigenvalue weighted by atomic mass is 10.2. The first-order valence-corrected chi connectivity index (χ1v) is 7.60. The van der Waals surface area contributed by atoms with Gasteiger partial charge in [-0.3, -0.25) is 4.68 Å². The predicted molar refractivity (Wildman–Crippen MR) is 86.3 cm³/mol. The van der Waals surface area contributed by atoms with Gasteiger partial charge in [0.05, 0.1) is 12.7 Å². The van der Waals surface area contributed by atoms with Gasteiger partial charge in [0.15, 0.2) is 0 Å². The maximum absolute atomic E-state index is 4.36. The minimum Gasteiger partial charge on any atom is -0.343 e. The van der Waals surface area contributed by atoms with Crippen LogP contribution in [0.15, 0.2) is 42.9 Å². The van der Waals surface area contributed by atoms with Crippen molar-refractivity contribution in [2.45, 2.75) is 33.5 Å². The standard InChI is InChI=1S/C17H22N4/c1-3-18-10-15-13-20(17-8-6-5-7-16(15)17)11-14-9-19-21(4-2)12-14/h5-9,12-13,18H,3-4,10-11H2,1-2H3. The molecule has 0 amide bonds. The third kappa shape index (κ3) is 2.85. The van der Waals surface area contributed by atoms with Crippen molar-refractivity contribution >= 4 is 10.9 Å². The Hall–Kier alpha value is -2.07. The Morgan fingerprint density at radius 3 is 2.76 bits per heavy atom. The fourth-order valence-electron chi connectivity index (χ4n) is 2.71. The van der Waals surface area contributed by atoms with Gasteiger partial charge in [-0.1, -0.05) is 25.1 Å². The summed E-state index contributed by atoms with van der Waals surface area (Å²) in [5.74, 6) is 0. The highest BCUT2D eigenvalue weighted by Gasteiger charge is 2.08. The summed E-state index contributed by atoms with van der Waals surface area (Å²) in [6.45, 7) is 7.93. The average molecular weight is 282 g/mol. The molecule has 0 fully saturated rings. The maximum atomic E-state index is 4.36. The minimum absolute atomic E-state index is 0.868. The van der Waals surface area contributed by atoms with Gasteiger partial charge in [-0.15, -0.1) is 0 Å². The van der Waals surface area contributed by atoms with Gasteiger partial charge in [-0.2, -0.15) is 5.10 Å². The Balaban J connectivity index is 1.93. The molecule has 0 aliphatic heterocycles. The number of aromatic nitrogens is 3. The van der Waals surface area contributed by atoms with Crippen LogP contribution in [0.25, 0.3) is 10.9 Å². The summed E-state index contributed by atoms with van der Waals surface area (Å²) in [5.41, 5.74) is 3.89. The molecule has 0 aliphatic carbocycles. The molecule has 21 heavy (non-hydrogen) atoms. The summed E-state index contributed by atoms with van der Waals surface area (Å²) in [7, 11) is 0. The Bertz CT molecular complexity index is 723. The second-order valence-corrected chi connectivity index (χ2v) is 5.28. The smallest absolute Gasteiger partial charge is 0.0539 e. The first-order valence-electron chi connectivity index (χ1n) is 7.60. The first-order chi connectivity index (χ1) is 10.3. The van der Waals surface area contributed by atoms with E-state index in [0.717, 1.165) is 26.2 Å². The van der Waals surface area contributed by atoms with Crippen LogP contribution in [0, 0.1) is 0 Å². The van der Waals surface area contributed by atoms with Gasteiger partial charge >= 0.3 is 0 Å². The molecule has 0 saturated heterocycles. The van der Waals surface area contributed by atoms with E-state index >= 15 is 0 Å². The first kappa shape index (κ1) is 13.9. The van der Waals surface area contributed by atoms with Crippen molar-refractivity contribution < 1.29 is 0 Å². The van der Waals surface area contributed by atoms with Crippen LogP contribution in [0.5, 0.6) is 0 Å². The lowest BCUT2D eigenvalue weighted by Gasteiger charge is -2.02. The number of nitrogens with zero attached hydrogens (tertiary/aromatic N) is 3. The van der Waals surface area contributed by atoms with Crippen LogP contribution < -0.4 is 5.32 Å². The number of rotatable bonds is 6. The van der Waals surface area contributed by atoms with E-state index in [9.17, 15) is 0 Å². The molecule has 0 unspecified atom stereocenters. The molecule has 1 N–H and O–H groups in total. The average Bonchev–Trinajstić information content (AvgIpc) is 3.11. The molecule has 0 aliphatic rings. The molecule has 2 heterocycles. The van der Waals surface area contributed by atoms with Gasteiger partial charge in [0.1, 0.15) is 0 Å². The van der Waals surface area contributed by atoms with Gasteiger partial charge in [-0.05, 0) is 25.1 Å². The molecule has 0 spiro atoms. The van der Waals surface area contributed by atoms with E-state index in [1.165, 1.54) is 22.0 Å². The molecule has 3 aromatic rings. The second kappa shape index (κ2) is 6.14. The van der Waals surface area contributed by atoms with Gasteiger partial charge < -0.3 is 9.88 Å². The van der Waals surface area contributed by atoms with E-state index in [0.29, 0.717) is 0 Å². The van der Waals surface area contributed by atoms with Crippen molar-refractivity contribution in [1.29, 1.82) is 0 Å². The van der Waals surface area contributed by atoms with Crippen LogP contribution >= 0.6 is 0 Å². The minimum atomic E-state index is 0.868. The molecular formula is C17H22N4. The Labute approximate surface area is 125 Å². The molecule has 4 heteroatoms. The largest absolute Gasteiger partial charge is 0.343 e. The fraction of sp³-hybridized carbons (Fsp3) is 0.353. The zero-order valence-corrected chi connectivity index (χ0v) is 12.7. The van der Waals surface area contributed by atoms with Crippen molar-refractivity contribution in [3.05, 3.63) is 54.0 Å². The number of aryl methyl sites for hydroxylation is 1. The number of hydrogen-bond donors (Lipinski definition) is 1. The molecule has 4 nitrogen and oxygen atoms in total. The molecule has 110 valence electrons. The van der Waals surface area contributed by atoms with Crippen molar-refractivity contribution in [3.8, 4) is 0 Å². The van der Waals surface area contributed by atoms with Crippen molar-refractivity contribution in [2.75, 3.05) is 6.54 Å². The highest BCUT2D eigenvalue weighted by Crippen LogP contribution is 2.22. The Morgan fingerprint density at radius 1 is 1.14 bits per heavy atom. The lowest BCUT2D eigenvalue weighted by Crippen LogP contribution is -2.11. The normalized spacial score (nSPS) is 11.3. The summed E-state index contributed by atoms with van der Waals surface area (Å²) in [5, 5.41) is 9.11. The van der Waals surface area contributed by atoms with Crippen LogP contribution in [-0.4, -0.2) is 20.9 Å². The van der Waals surface area contributed by atoms with E-state index in [1.54, 1.807) is 0 Å². The molecule has 3 rings (SSSR count).